The molecule has 1 aliphatic heterocycles. The number of para-hydroxylation sites is 1. The van der Waals surface area contributed by atoms with Gasteiger partial charge in [-0.2, -0.15) is 0 Å². The smallest absolute Gasteiger partial charge is 0.274 e. The molecule has 9 heteroatoms. The second kappa shape index (κ2) is 8.99. The molecule has 1 aliphatic rings. The zero-order valence-corrected chi connectivity index (χ0v) is 19.8. The van der Waals surface area contributed by atoms with E-state index in [0.717, 1.165) is 26.8 Å². The molecule has 0 bridgehead atoms. The highest BCUT2D eigenvalue weighted by molar-refractivity contribution is 8.00. The van der Waals surface area contributed by atoms with E-state index in [9.17, 15) is 9.59 Å². The fourth-order valence-corrected chi connectivity index (χ4v) is 6.02. The van der Waals surface area contributed by atoms with Gasteiger partial charge in [-0.15, -0.1) is 23.1 Å². The minimum Gasteiger partial charge on any atom is -0.443 e. The third-order valence-electron chi connectivity index (χ3n) is 5.51. The number of oxazole rings is 1. The topological polar surface area (TPSA) is 88.3 Å². The van der Waals surface area contributed by atoms with Crippen LogP contribution in [-0.4, -0.2) is 50.9 Å². The van der Waals surface area contributed by atoms with Gasteiger partial charge in [-0.05, 0) is 31.5 Å². The number of thiazole rings is 1. The van der Waals surface area contributed by atoms with Crippen molar-refractivity contribution in [1.82, 2.24) is 20.2 Å². The molecule has 2 amide bonds. The fraction of sp³-hybridized carbons (Fsp3) is 0.250. The predicted octanol–water partition coefficient (Wildman–Crippen LogP) is 4.51. The highest BCUT2D eigenvalue weighted by atomic mass is 32.2. The van der Waals surface area contributed by atoms with E-state index >= 15 is 0 Å². The minimum atomic E-state index is -0.248. The number of fused-ring (bicyclic) bond motifs is 1. The van der Waals surface area contributed by atoms with Crippen molar-refractivity contribution in [1.29, 1.82) is 0 Å². The van der Waals surface area contributed by atoms with E-state index < -0.39 is 0 Å². The van der Waals surface area contributed by atoms with Gasteiger partial charge in [-0.25, -0.2) is 9.97 Å². The molecule has 0 radical (unpaired) electrons. The van der Waals surface area contributed by atoms with Gasteiger partial charge in [-0.3, -0.25) is 9.59 Å². The summed E-state index contributed by atoms with van der Waals surface area (Å²) in [6.07, 6.45) is 1.33. The minimum absolute atomic E-state index is 0.0996. The predicted molar refractivity (Wildman–Crippen MR) is 131 cm³/mol. The summed E-state index contributed by atoms with van der Waals surface area (Å²) < 4.78 is 5.38. The Bertz CT molecular complexity index is 1350. The largest absolute Gasteiger partial charge is 0.443 e. The Morgan fingerprint density at radius 2 is 2.06 bits per heavy atom. The van der Waals surface area contributed by atoms with Crippen LogP contribution in [0.5, 0.6) is 0 Å². The molecule has 1 saturated heterocycles. The number of amides is 2. The lowest BCUT2D eigenvalue weighted by atomic mass is 10.1. The summed E-state index contributed by atoms with van der Waals surface area (Å²) in [7, 11) is 0. The average molecular weight is 479 g/mol. The van der Waals surface area contributed by atoms with Gasteiger partial charge in [-0.1, -0.05) is 35.9 Å². The van der Waals surface area contributed by atoms with Crippen molar-refractivity contribution >= 4 is 46.0 Å². The van der Waals surface area contributed by atoms with E-state index in [1.54, 1.807) is 30.0 Å². The first-order chi connectivity index (χ1) is 16.0. The first-order valence-corrected chi connectivity index (χ1v) is 12.5. The number of benzene rings is 2. The summed E-state index contributed by atoms with van der Waals surface area (Å²) in [5, 5.41) is 3.65. The Kier molecular flexibility index (Phi) is 5.90. The summed E-state index contributed by atoms with van der Waals surface area (Å²) in [6.45, 7) is 4.91. The Hall–Kier alpha value is -3.17. The number of hydrogen-bond donors (Lipinski definition) is 1. The molecule has 1 N–H and O–H groups in total. The lowest BCUT2D eigenvalue weighted by Crippen LogP contribution is -2.42. The van der Waals surface area contributed by atoms with Crippen LogP contribution in [0.3, 0.4) is 0 Å². The third kappa shape index (κ3) is 4.26. The number of rotatable bonds is 5. The molecule has 1 atom stereocenters. The quantitative estimate of drug-likeness (QED) is 0.454. The zero-order chi connectivity index (χ0) is 22.9. The number of nitrogens with one attached hydrogen (secondary N) is 1. The van der Waals surface area contributed by atoms with Crippen molar-refractivity contribution in [3.63, 3.8) is 0 Å². The summed E-state index contributed by atoms with van der Waals surface area (Å²) >= 11 is 3.19. The molecule has 5 rings (SSSR count). The van der Waals surface area contributed by atoms with E-state index in [4.69, 9.17) is 4.42 Å². The van der Waals surface area contributed by atoms with Crippen LogP contribution in [0.15, 0.2) is 53.3 Å². The molecular formula is C24H22N4O3S2. The Balaban J connectivity index is 1.34. The van der Waals surface area contributed by atoms with Crippen molar-refractivity contribution in [2.75, 3.05) is 18.8 Å². The standard InChI is InChI=1S/C24H22N4O3S2/c1-14-5-3-6-16(11-14)22-20(27-15(2)33-22)24(30)28-9-10-32-19(28)12-25-23(29)17-7-4-8-18-21(17)31-13-26-18/h3-8,11,13,19H,9-10,12H2,1-2H3,(H,25,29). The third-order valence-corrected chi connectivity index (χ3v) is 7.75. The molecule has 168 valence electrons. The van der Waals surface area contributed by atoms with Crippen molar-refractivity contribution in [2.24, 2.45) is 0 Å². The SMILES string of the molecule is Cc1cccc(-c2sc(C)nc2C(=O)N2CCSC2CNC(=O)c2cccc3ncoc23)c1. The van der Waals surface area contributed by atoms with E-state index in [1.807, 2.05) is 36.9 Å². The Morgan fingerprint density at radius 3 is 2.91 bits per heavy atom. The van der Waals surface area contributed by atoms with Gasteiger partial charge in [0.2, 0.25) is 0 Å². The van der Waals surface area contributed by atoms with E-state index in [1.165, 1.54) is 17.7 Å². The first-order valence-electron chi connectivity index (χ1n) is 10.6. The number of aromatic nitrogens is 2. The van der Waals surface area contributed by atoms with Gasteiger partial charge in [0.15, 0.2) is 12.0 Å². The van der Waals surface area contributed by atoms with Crippen LogP contribution >= 0.6 is 23.1 Å². The molecule has 1 unspecified atom stereocenters. The van der Waals surface area contributed by atoms with Gasteiger partial charge in [0.1, 0.15) is 11.2 Å². The van der Waals surface area contributed by atoms with Gasteiger partial charge in [0.05, 0.1) is 20.8 Å². The number of aryl methyl sites for hydroxylation is 2. The van der Waals surface area contributed by atoms with Gasteiger partial charge >= 0.3 is 0 Å². The molecule has 0 saturated carbocycles. The molecule has 2 aromatic carbocycles. The molecule has 4 aromatic rings. The number of hydrogen-bond acceptors (Lipinski definition) is 7. The van der Waals surface area contributed by atoms with E-state index in [-0.39, 0.29) is 17.2 Å². The summed E-state index contributed by atoms with van der Waals surface area (Å²) in [5.74, 6) is 0.465. The van der Waals surface area contributed by atoms with E-state index in [2.05, 4.69) is 21.4 Å². The molecular weight excluding hydrogens is 456 g/mol. The van der Waals surface area contributed by atoms with Gasteiger partial charge < -0.3 is 14.6 Å². The molecule has 33 heavy (non-hydrogen) atoms. The van der Waals surface area contributed by atoms with Gasteiger partial charge in [0, 0.05) is 18.8 Å². The first kappa shape index (κ1) is 21.7. The Morgan fingerprint density at radius 1 is 1.21 bits per heavy atom. The molecule has 3 heterocycles. The molecule has 1 fully saturated rings. The number of carbonyl (C=O) groups excluding carboxylic acids is 2. The van der Waals surface area contributed by atoms with Crippen molar-refractivity contribution in [3.8, 4) is 10.4 Å². The maximum absolute atomic E-state index is 13.5. The monoisotopic (exact) mass is 478 g/mol. The summed E-state index contributed by atoms with van der Waals surface area (Å²) in [4.78, 5) is 37.7. The number of thioether (sulfide) groups is 1. The fourth-order valence-electron chi connectivity index (χ4n) is 3.95. The zero-order valence-electron chi connectivity index (χ0n) is 18.2. The van der Waals surface area contributed by atoms with E-state index in [0.29, 0.717) is 35.4 Å². The van der Waals surface area contributed by atoms with Gasteiger partial charge in [0.25, 0.3) is 11.8 Å². The van der Waals surface area contributed by atoms with Crippen LogP contribution in [0.4, 0.5) is 0 Å². The van der Waals surface area contributed by atoms with Crippen LogP contribution in [0, 0.1) is 13.8 Å². The maximum Gasteiger partial charge on any atom is 0.274 e. The van der Waals surface area contributed by atoms with Crippen LogP contribution in [0.1, 0.15) is 31.4 Å². The second-order valence-electron chi connectivity index (χ2n) is 7.82. The summed E-state index contributed by atoms with van der Waals surface area (Å²) in [6, 6.07) is 13.4. The van der Waals surface area contributed by atoms with Crippen LogP contribution in [-0.2, 0) is 0 Å². The molecule has 7 nitrogen and oxygen atoms in total. The normalized spacial score (nSPS) is 15.8. The van der Waals surface area contributed by atoms with Crippen molar-refractivity contribution in [2.45, 2.75) is 19.2 Å². The lowest BCUT2D eigenvalue weighted by molar-refractivity contribution is 0.0747. The number of carbonyl (C=O) groups is 2. The van der Waals surface area contributed by atoms with Crippen molar-refractivity contribution < 1.29 is 14.0 Å². The van der Waals surface area contributed by atoms with Crippen LogP contribution in [0.2, 0.25) is 0 Å². The van der Waals surface area contributed by atoms with Crippen LogP contribution in [0.25, 0.3) is 21.5 Å². The molecule has 2 aromatic heterocycles. The maximum atomic E-state index is 13.5. The lowest BCUT2D eigenvalue weighted by Gasteiger charge is -2.23. The highest BCUT2D eigenvalue weighted by Crippen LogP contribution is 2.34. The molecule has 0 aliphatic carbocycles. The summed E-state index contributed by atoms with van der Waals surface area (Å²) in [5.41, 5.74) is 4.15. The average Bonchev–Trinajstić information content (AvgIpc) is 3.55. The van der Waals surface area contributed by atoms with Crippen molar-refractivity contribution in [3.05, 3.63) is 70.7 Å². The second-order valence-corrected chi connectivity index (χ2v) is 10.3. The highest BCUT2D eigenvalue weighted by Gasteiger charge is 2.33. The van der Waals surface area contributed by atoms with Crippen LogP contribution < -0.4 is 5.32 Å². The Labute approximate surface area is 199 Å². The number of nitrogens with zero attached hydrogens (tertiary/aromatic N) is 3. The molecule has 0 spiro atoms.